The lowest BCUT2D eigenvalue weighted by molar-refractivity contribution is -0.384. The Kier molecular flexibility index (Phi) is 5.30. The number of carbonyl (C=O) groups excluding carboxylic acids is 2. The highest BCUT2D eigenvalue weighted by Gasteiger charge is 2.39. The van der Waals surface area contributed by atoms with Crippen LogP contribution in [0.25, 0.3) is 0 Å². The largest absolute Gasteiger partial charge is 0.497 e. The Morgan fingerprint density at radius 2 is 1.83 bits per heavy atom. The number of hydrogen-bond donors (Lipinski definition) is 1. The van der Waals surface area contributed by atoms with Gasteiger partial charge in [0.2, 0.25) is 5.91 Å². The van der Waals surface area contributed by atoms with Crippen molar-refractivity contribution in [1.29, 1.82) is 0 Å². The zero-order chi connectivity index (χ0) is 21.4. The molecule has 0 bridgehead atoms. The number of benzene rings is 2. The number of hydrogen-bond acceptors (Lipinski definition) is 5. The SMILES string of the molecule is COc1ccc(C2CC(=O)C3=C(C2)NC(=O)CC3c2cc([N+](=O)[O-])ccc2Cl)cc1. The molecule has 0 fully saturated rings. The quantitative estimate of drug-likeness (QED) is 0.581. The zero-order valence-electron chi connectivity index (χ0n) is 16.2. The Morgan fingerprint density at radius 3 is 2.50 bits per heavy atom. The van der Waals surface area contributed by atoms with Crippen LogP contribution in [-0.2, 0) is 9.59 Å². The summed E-state index contributed by atoms with van der Waals surface area (Å²) in [5.41, 5.74) is 2.38. The van der Waals surface area contributed by atoms with Gasteiger partial charge in [-0.25, -0.2) is 0 Å². The first-order valence-corrected chi connectivity index (χ1v) is 9.89. The molecule has 2 aliphatic rings. The van der Waals surface area contributed by atoms with Crippen LogP contribution in [0, 0.1) is 10.1 Å². The van der Waals surface area contributed by atoms with Crippen LogP contribution in [-0.4, -0.2) is 23.7 Å². The molecule has 30 heavy (non-hydrogen) atoms. The number of non-ortho nitro benzene ring substituents is 1. The van der Waals surface area contributed by atoms with Crippen LogP contribution in [0.3, 0.4) is 0 Å². The Bertz CT molecular complexity index is 1080. The Morgan fingerprint density at radius 1 is 1.10 bits per heavy atom. The van der Waals surface area contributed by atoms with E-state index in [0.29, 0.717) is 34.7 Å². The molecule has 1 N–H and O–H groups in total. The number of methoxy groups -OCH3 is 1. The number of Topliss-reactive ketones (excluding diaryl/α,β-unsaturated/α-hetero) is 1. The maximum atomic E-state index is 13.1. The molecule has 0 spiro atoms. The van der Waals surface area contributed by atoms with Crippen molar-refractivity contribution in [2.75, 3.05) is 7.11 Å². The molecule has 0 saturated carbocycles. The van der Waals surface area contributed by atoms with E-state index in [1.807, 2.05) is 24.3 Å². The first-order chi connectivity index (χ1) is 14.4. The van der Waals surface area contributed by atoms with Gasteiger partial charge in [0.25, 0.3) is 5.69 Å². The summed E-state index contributed by atoms with van der Waals surface area (Å²) in [6.45, 7) is 0. The van der Waals surface area contributed by atoms with E-state index in [-0.39, 0.29) is 29.7 Å². The van der Waals surface area contributed by atoms with Crippen LogP contribution in [0.15, 0.2) is 53.7 Å². The summed E-state index contributed by atoms with van der Waals surface area (Å²) in [7, 11) is 1.59. The summed E-state index contributed by atoms with van der Waals surface area (Å²) in [5, 5.41) is 14.3. The summed E-state index contributed by atoms with van der Waals surface area (Å²) in [4.78, 5) is 36.2. The van der Waals surface area contributed by atoms with E-state index < -0.39 is 10.8 Å². The number of nitrogens with zero attached hydrogens (tertiary/aromatic N) is 1. The van der Waals surface area contributed by atoms with Crippen molar-refractivity contribution in [1.82, 2.24) is 5.32 Å². The maximum absolute atomic E-state index is 13.1. The lowest BCUT2D eigenvalue weighted by Gasteiger charge is -2.34. The minimum absolute atomic E-state index is 0.0265. The molecule has 8 heteroatoms. The molecule has 0 aromatic heterocycles. The number of rotatable bonds is 4. The first kappa shape index (κ1) is 20.1. The second-order valence-corrected chi connectivity index (χ2v) is 7.87. The van der Waals surface area contributed by atoms with E-state index >= 15 is 0 Å². The number of ether oxygens (including phenoxy) is 1. The molecule has 2 unspecified atom stereocenters. The van der Waals surface area contributed by atoms with Crippen LogP contribution in [0.5, 0.6) is 5.75 Å². The minimum atomic E-state index is -0.592. The van der Waals surface area contributed by atoms with E-state index in [1.165, 1.54) is 18.2 Å². The van der Waals surface area contributed by atoms with E-state index in [9.17, 15) is 19.7 Å². The number of ketones is 1. The predicted octanol–water partition coefficient (Wildman–Crippen LogP) is 4.26. The van der Waals surface area contributed by atoms with Crippen molar-refractivity contribution in [3.8, 4) is 5.75 Å². The summed E-state index contributed by atoms with van der Waals surface area (Å²) in [6.07, 6.45) is 0.824. The van der Waals surface area contributed by atoms with E-state index in [0.717, 1.165) is 11.3 Å². The molecule has 7 nitrogen and oxygen atoms in total. The van der Waals surface area contributed by atoms with Gasteiger partial charge in [-0.15, -0.1) is 0 Å². The molecule has 1 amide bonds. The van der Waals surface area contributed by atoms with Gasteiger partial charge in [0.1, 0.15) is 5.75 Å². The molecule has 1 aliphatic heterocycles. The van der Waals surface area contributed by atoms with Gasteiger partial charge in [0.05, 0.1) is 12.0 Å². The summed E-state index contributed by atoms with van der Waals surface area (Å²) in [5.74, 6) is -0.242. The fraction of sp³-hybridized carbons (Fsp3) is 0.273. The van der Waals surface area contributed by atoms with Gasteiger partial charge in [-0.2, -0.15) is 0 Å². The van der Waals surface area contributed by atoms with Gasteiger partial charge in [0, 0.05) is 47.2 Å². The van der Waals surface area contributed by atoms with Crippen molar-refractivity contribution in [2.24, 2.45) is 0 Å². The van der Waals surface area contributed by atoms with Crippen molar-refractivity contribution in [2.45, 2.75) is 31.1 Å². The lowest BCUT2D eigenvalue weighted by atomic mass is 9.73. The zero-order valence-corrected chi connectivity index (χ0v) is 16.9. The monoisotopic (exact) mass is 426 g/mol. The van der Waals surface area contributed by atoms with E-state index in [1.54, 1.807) is 7.11 Å². The molecule has 0 radical (unpaired) electrons. The fourth-order valence-corrected chi connectivity index (χ4v) is 4.50. The topological polar surface area (TPSA) is 98.5 Å². The van der Waals surface area contributed by atoms with Gasteiger partial charge in [-0.3, -0.25) is 19.7 Å². The van der Waals surface area contributed by atoms with Crippen molar-refractivity contribution in [3.05, 3.63) is 80.0 Å². The third-order valence-corrected chi connectivity index (χ3v) is 6.03. The number of carbonyl (C=O) groups is 2. The van der Waals surface area contributed by atoms with Gasteiger partial charge in [-0.1, -0.05) is 23.7 Å². The average molecular weight is 427 g/mol. The second-order valence-electron chi connectivity index (χ2n) is 7.46. The Hall–Kier alpha value is -3.19. The number of amides is 1. The average Bonchev–Trinajstić information content (AvgIpc) is 2.73. The van der Waals surface area contributed by atoms with Crippen LogP contribution < -0.4 is 10.1 Å². The van der Waals surface area contributed by atoms with Crippen molar-refractivity contribution >= 4 is 29.0 Å². The smallest absolute Gasteiger partial charge is 0.269 e. The van der Waals surface area contributed by atoms with Gasteiger partial charge in [-0.05, 0) is 41.7 Å². The molecule has 2 atom stereocenters. The summed E-state index contributed by atoms with van der Waals surface area (Å²) in [6, 6.07) is 11.6. The highest BCUT2D eigenvalue weighted by atomic mass is 35.5. The highest BCUT2D eigenvalue weighted by molar-refractivity contribution is 6.31. The van der Waals surface area contributed by atoms with Crippen LogP contribution in [0.4, 0.5) is 5.69 Å². The molecule has 2 aromatic carbocycles. The van der Waals surface area contributed by atoms with Gasteiger partial charge >= 0.3 is 0 Å². The van der Waals surface area contributed by atoms with Crippen LogP contribution >= 0.6 is 11.6 Å². The molecular formula is C22H19ClN2O5. The minimum Gasteiger partial charge on any atom is -0.497 e. The molecule has 2 aromatic rings. The maximum Gasteiger partial charge on any atom is 0.269 e. The first-order valence-electron chi connectivity index (χ1n) is 9.51. The van der Waals surface area contributed by atoms with Crippen molar-refractivity contribution in [3.63, 3.8) is 0 Å². The number of nitro benzene ring substituents is 1. The summed E-state index contributed by atoms with van der Waals surface area (Å²) < 4.78 is 5.18. The van der Waals surface area contributed by atoms with Crippen LogP contribution in [0.2, 0.25) is 5.02 Å². The normalized spacial score (nSPS) is 21.1. The van der Waals surface area contributed by atoms with Gasteiger partial charge in [0.15, 0.2) is 5.78 Å². The fourth-order valence-electron chi connectivity index (χ4n) is 4.25. The number of halogens is 1. The van der Waals surface area contributed by atoms with Crippen LogP contribution in [0.1, 0.15) is 42.2 Å². The standard InChI is InChI=1S/C22H19ClN2O5/c1-30-15-5-2-12(3-6-15)13-8-19-22(20(26)9-13)17(11-21(27)24-19)16-10-14(25(28)29)4-7-18(16)23/h2-7,10,13,17H,8-9,11H2,1H3,(H,24,27). The third-order valence-electron chi connectivity index (χ3n) is 5.69. The Balaban J connectivity index is 1.72. The highest BCUT2D eigenvalue weighted by Crippen LogP contribution is 2.44. The number of allylic oxidation sites excluding steroid dienone is 2. The second kappa shape index (κ2) is 7.91. The third kappa shape index (κ3) is 3.68. The summed E-state index contributed by atoms with van der Waals surface area (Å²) >= 11 is 6.31. The number of nitrogens with one attached hydrogen (secondary N) is 1. The number of nitro groups is 1. The predicted molar refractivity (Wildman–Crippen MR) is 111 cm³/mol. The molecule has 1 heterocycles. The molecule has 1 aliphatic carbocycles. The molecule has 0 saturated heterocycles. The van der Waals surface area contributed by atoms with E-state index in [2.05, 4.69) is 5.32 Å². The molecule has 154 valence electrons. The van der Waals surface area contributed by atoms with Gasteiger partial charge < -0.3 is 10.1 Å². The van der Waals surface area contributed by atoms with Crippen molar-refractivity contribution < 1.29 is 19.2 Å². The Labute approximate surface area is 177 Å². The van der Waals surface area contributed by atoms with E-state index in [4.69, 9.17) is 16.3 Å². The molecule has 4 rings (SSSR count). The molecular weight excluding hydrogens is 408 g/mol. The lowest BCUT2D eigenvalue weighted by Crippen LogP contribution is -2.38.